The third-order valence-corrected chi connectivity index (χ3v) is 2.69. The van der Waals surface area contributed by atoms with Crippen LogP contribution in [0.3, 0.4) is 0 Å². The number of halogens is 1. The fourth-order valence-electron chi connectivity index (χ4n) is 1.32. The number of carbonyl (C=O) groups excluding carboxylic acids is 1. The normalized spacial score (nSPS) is 11.1. The first-order valence-corrected chi connectivity index (χ1v) is 5.87. The quantitative estimate of drug-likeness (QED) is 0.775. The van der Waals surface area contributed by atoms with Gasteiger partial charge in [0, 0.05) is 5.02 Å². The van der Waals surface area contributed by atoms with E-state index >= 15 is 0 Å². The van der Waals surface area contributed by atoms with Crippen molar-refractivity contribution in [3.05, 3.63) is 28.8 Å². The molecule has 1 rings (SSSR count). The third kappa shape index (κ3) is 3.63. The summed E-state index contributed by atoms with van der Waals surface area (Å²) in [5.74, 6) is 0.220. The molecule has 4 heteroatoms. The summed E-state index contributed by atoms with van der Waals surface area (Å²) < 4.78 is 10.6. The van der Waals surface area contributed by atoms with E-state index < -0.39 is 5.60 Å². The van der Waals surface area contributed by atoms with E-state index in [0.717, 1.165) is 5.56 Å². The predicted octanol–water partition coefficient (Wildman–Crippen LogP) is 3.37. The van der Waals surface area contributed by atoms with Crippen molar-refractivity contribution in [2.75, 3.05) is 6.61 Å². The fourth-order valence-corrected chi connectivity index (χ4v) is 1.44. The number of benzene rings is 1. The summed E-state index contributed by atoms with van der Waals surface area (Å²) in [4.78, 5) is 11.6. The zero-order chi connectivity index (χ0) is 13.1. The summed E-state index contributed by atoms with van der Waals surface area (Å²) in [6.45, 7) is 7.34. The van der Waals surface area contributed by atoms with Gasteiger partial charge in [0.1, 0.15) is 5.75 Å². The lowest BCUT2D eigenvalue weighted by molar-refractivity contribution is -0.158. The van der Waals surface area contributed by atoms with Crippen LogP contribution in [0.15, 0.2) is 18.2 Å². The first kappa shape index (κ1) is 13.8. The Balaban J connectivity index is 2.82. The zero-order valence-electron chi connectivity index (χ0n) is 10.5. The van der Waals surface area contributed by atoms with Gasteiger partial charge in [0.2, 0.25) is 0 Å². The van der Waals surface area contributed by atoms with Gasteiger partial charge in [-0.05, 0) is 51.5 Å². The highest BCUT2D eigenvalue weighted by Gasteiger charge is 2.31. The topological polar surface area (TPSA) is 35.5 Å². The van der Waals surface area contributed by atoms with E-state index in [1.807, 2.05) is 6.92 Å². The van der Waals surface area contributed by atoms with Crippen molar-refractivity contribution in [1.29, 1.82) is 0 Å². The van der Waals surface area contributed by atoms with Gasteiger partial charge in [-0.1, -0.05) is 11.6 Å². The Morgan fingerprint density at radius 2 is 2.06 bits per heavy atom. The summed E-state index contributed by atoms with van der Waals surface area (Å²) in [6.07, 6.45) is 0. The molecule has 1 aromatic rings. The second-order valence-corrected chi connectivity index (χ2v) is 4.65. The van der Waals surface area contributed by atoms with Crippen LogP contribution < -0.4 is 4.74 Å². The van der Waals surface area contributed by atoms with Crippen LogP contribution in [0.2, 0.25) is 5.02 Å². The molecule has 0 aliphatic rings. The molecule has 0 amide bonds. The summed E-state index contributed by atoms with van der Waals surface area (Å²) in [5, 5.41) is 0.672. The molecule has 0 heterocycles. The Morgan fingerprint density at radius 3 is 2.59 bits per heavy atom. The number of esters is 1. The summed E-state index contributed by atoms with van der Waals surface area (Å²) in [6, 6.07) is 5.27. The predicted molar refractivity (Wildman–Crippen MR) is 67.5 cm³/mol. The molecular weight excluding hydrogens is 240 g/mol. The monoisotopic (exact) mass is 256 g/mol. The highest BCUT2D eigenvalue weighted by atomic mass is 35.5. The molecule has 0 aliphatic carbocycles. The van der Waals surface area contributed by atoms with Gasteiger partial charge in [0.25, 0.3) is 0 Å². The van der Waals surface area contributed by atoms with Crippen LogP contribution in [0, 0.1) is 6.92 Å². The molecule has 0 radical (unpaired) electrons. The standard InChI is InChI=1S/C13H17ClO3/c1-5-16-12(15)13(3,4)17-10-6-7-11(14)9(2)8-10/h6-8H,5H2,1-4H3. The van der Waals surface area contributed by atoms with Gasteiger partial charge in [0.15, 0.2) is 5.60 Å². The molecule has 0 atom stereocenters. The molecular formula is C13H17ClO3. The first-order valence-electron chi connectivity index (χ1n) is 5.49. The van der Waals surface area contributed by atoms with Crippen LogP contribution in [0.1, 0.15) is 26.3 Å². The summed E-state index contributed by atoms with van der Waals surface area (Å²) in [7, 11) is 0. The molecule has 1 aromatic carbocycles. The number of rotatable bonds is 4. The largest absolute Gasteiger partial charge is 0.476 e. The molecule has 0 N–H and O–H groups in total. The number of ether oxygens (including phenoxy) is 2. The minimum absolute atomic E-state index is 0.339. The molecule has 0 bridgehead atoms. The van der Waals surface area contributed by atoms with Crippen LogP contribution >= 0.6 is 11.6 Å². The van der Waals surface area contributed by atoms with Crippen molar-refractivity contribution >= 4 is 17.6 Å². The Labute approximate surface area is 107 Å². The maximum Gasteiger partial charge on any atom is 0.349 e. The molecule has 0 saturated carbocycles. The van der Waals surface area contributed by atoms with Gasteiger partial charge in [0.05, 0.1) is 6.61 Å². The van der Waals surface area contributed by atoms with Gasteiger partial charge in [-0.3, -0.25) is 0 Å². The van der Waals surface area contributed by atoms with Crippen LogP contribution in [0.5, 0.6) is 5.75 Å². The van der Waals surface area contributed by atoms with E-state index in [-0.39, 0.29) is 5.97 Å². The Kier molecular flexibility index (Phi) is 4.40. The van der Waals surface area contributed by atoms with Crippen molar-refractivity contribution in [2.24, 2.45) is 0 Å². The summed E-state index contributed by atoms with van der Waals surface area (Å²) in [5.41, 5.74) is -0.0974. The van der Waals surface area contributed by atoms with E-state index in [4.69, 9.17) is 21.1 Å². The number of aryl methyl sites for hydroxylation is 1. The lowest BCUT2D eigenvalue weighted by Crippen LogP contribution is -2.39. The van der Waals surface area contributed by atoms with E-state index in [9.17, 15) is 4.79 Å². The molecule has 0 saturated heterocycles. The second-order valence-electron chi connectivity index (χ2n) is 4.24. The SMILES string of the molecule is CCOC(=O)C(C)(C)Oc1ccc(Cl)c(C)c1. The average Bonchev–Trinajstić information content (AvgIpc) is 2.23. The van der Waals surface area contributed by atoms with E-state index in [1.165, 1.54) is 0 Å². The van der Waals surface area contributed by atoms with Crippen molar-refractivity contribution in [3.63, 3.8) is 0 Å². The smallest absolute Gasteiger partial charge is 0.349 e. The van der Waals surface area contributed by atoms with Crippen LogP contribution in [-0.2, 0) is 9.53 Å². The minimum atomic E-state index is -1.00. The zero-order valence-corrected chi connectivity index (χ0v) is 11.3. The van der Waals surface area contributed by atoms with Crippen LogP contribution in [0.25, 0.3) is 0 Å². The maximum atomic E-state index is 11.6. The average molecular weight is 257 g/mol. The molecule has 3 nitrogen and oxygen atoms in total. The lowest BCUT2D eigenvalue weighted by Gasteiger charge is -2.24. The van der Waals surface area contributed by atoms with Gasteiger partial charge >= 0.3 is 5.97 Å². The maximum absolute atomic E-state index is 11.6. The minimum Gasteiger partial charge on any atom is -0.476 e. The Bertz CT molecular complexity index is 413. The van der Waals surface area contributed by atoms with Gasteiger partial charge in [-0.15, -0.1) is 0 Å². The van der Waals surface area contributed by atoms with E-state index in [0.29, 0.717) is 17.4 Å². The second kappa shape index (κ2) is 5.41. The number of hydrogen-bond donors (Lipinski definition) is 0. The molecule has 0 aromatic heterocycles. The molecule has 0 spiro atoms. The third-order valence-electron chi connectivity index (χ3n) is 2.27. The van der Waals surface area contributed by atoms with Crippen molar-refractivity contribution in [3.8, 4) is 5.75 Å². The van der Waals surface area contributed by atoms with Gasteiger partial charge < -0.3 is 9.47 Å². The summed E-state index contributed by atoms with van der Waals surface area (Å²) >= 11 is 5.92. The molecule has 0 fully saturated rings. The fraction of sp³-hybridized carbons (Fsp3) is 0.462. The van der Waals surface area contributed by atoms with E-state index in [2.05, 4.69) is 0 Å². The molecule has 0 aliphatic heterocycles. The van der Waals surface area contributed by atoms with Crippen LogP contribution in [-0.4, -0.2) is 18.2 Å². The molecule has 17 heavy (non-hydrogen) atoms. The Morgan fingerprint density at radius 1 is 1.41 bits per heavy atom. The lowest BCUT2D eigenvalue weighted by atomic mass is 10.1. The van der Waals surface area contributed by atoms with Crippen molar-refractivity contribution in [2.45, 2.75) is 33.3 Å². The number of hydrogen-bond acceptors (Lipinski definition) is 3. The number of carbonyl (C=O) groups is 1. The highest BCUT2D eigenvalue weighted by molar-refractivity contribution is 6.31. The molecule has 0 unspecified atom stereocenters. The van der Waals surface area contributed by atoms with E-state index in [1.54, 1.807) is 39.0 Å². The highest BCUT2D eigenvalue weighted by Crippen LogP contribution is 2.24. The van der Waals surface area contributed by atoms with Gasteiger partial charge in [-0.25, -0.2) is 4.79 Å². The van der Waals surface area contributed by atoms with Crippen LogP contribution in [0.4, 0.5) is 0 Å². The first-order chi connectivity index (χ1) is 7.86. The van der Waals surface area contributed by atoms with Crippen molar-refractivity contribution in [1.82, 2.24) is 0 Å². The van der Waals surface area contributed by atoms with Crippen molar-refractivity contribution < 1.29 is 14.3 Å². The Hall–Kier alpha value is -1.22. The van der Waals surface area contributed by atoms with Gasteiger partial charge in [-0.2, -0.15) is 0 Å². The molecule has 94 valence electrons.